The maximum atomic E-state index is 14.7. The topological polar surface area (TPSA) is 43.8 Å². The van der Waals surface area contributed by atoms with E-state index < -0.39 is 23.8 Å². The zero-order valence-electron chi connectivity index (χ0n) is 24.9. The predicted molar refractivity (Wildman–Crippen MR) is 170 cm³/mol. The first-order valence-corrected chi connectivity index (χ1v) is 14.5. The van der Waals surface area contributed by atoms with Gasteiger partial charge in [-0.3, -0.25) is 9.69 Å². The third kappa shape index (κ3) is 10.2. The molecule has 4 rings (SSSR count). The Morgan fingerprint density at radius 1 is 1.00 bits per heavy atom. The van der Waals surface area contributed by atoms with E-state index >= 15 is 0 Å². The number of carbonyl (C=O) groups is 1. The van der Waals surface area contributed by atoms with Crippen molar-refractivity contribution < 1.29 is 27.5 Å². The number of piperidine rings is 1. The van der Waals surface area contributed by atoms with Crippen molar-refractivity contribution in [3.8, 4) is 0 Å². The van der Waals surface area contributed by atoms with Crippen LogP contribution in [0.2, 0.25) is 0 Å². The number of aliphatic carboxylic acids is 1. The summed E-state index contributed by atoms with van der Waals surface area (Å²) >= 11 is 0. The standard InChI is InChI=1S/C32H42F4N2O2.3ClH/c1-21(2)30(31(39)40)37(3)28-18-24(29(19-28)23-5-4-6-27(34)17-23)20-38-15-12-22(13-16-38)11-14-32(35,36)25-7-9-26(33)10-8-25;;;/h4-10,17,21-22,24,28-30H,11-16,18-20H2,1-3H3,(H,39,40);3*1H/t24?,28?,29?,30-;;;/m1.../s1. The van der Waals surface area contributed by atoms with E-state index in [1.165, 1.54) is 18.2 Å². The van der Waals surface area contributed by atoms with Crippen molar-refractivity contribution in [1.29, 1.82) is 0 Å². The first-order valence-electron chi connectivity index (χ1n) is 14.5. The number of hydrogen-bond acceptors (Lipinski definition) is 3. The number of carboxylic acids is 1. The van der Waals surface area contributed by atoms with Crippen LogP contribution in [0, 0.1) is 29.4 Å². The maximum absolute atomic E-state index is 14.7. The summed E-state index contributed by atoms with van der Waals surface area (Å²) in [6.07, 6.45) is 3.46. The van der Waals surface area contributed by atoms with Crippen molar-refractivity contribution >= 4 is 43.2 Å². The van der Waals surface area contributed by atoms with Gasteiger partial charge in [0.1, 0.15) is 17.7 Å². The fraction of sp³-hybridized carbons (Fsp3) is 0.594. The molecule has 0 radical (unpaired) electrons. The molecule has 244 valence electrons. The molecule has 4 nitrogen and oxygen atoms in total. The second kappa shape index (κ2) is 17.2. The van der Waals surface area contributed by atoms with Crippen molar-refractivity contribution in [3.63, 3.8) is 0 Å². The third-order valence-electron chi connectivity index (χ3n) is 9.18. The molecule has 11 heteroatoms. The molecule has 2 aromatic rings. The molecule has 2 aliphatic rings. The summed E-state index contributed by atoms with van der Waals surface area (Å²) in [6.45, 7) is 6.31. The molecule has 1 aliphatic carbocycles. The van der Waals surface area contributed by atoms with Crippen molar-refractivity contribution in [2.45, 2.75) is 76.3 Å². The van der Waals surface area contributed by atoms with Gasteiger partial charge in [0.05, 0.1) is 0 Å². The molecule has 0 amide bonds. The first kappa shape index (κ1) is 39.4. The molecule has 1 saturated heterocycles. The summed E-state index contributed by atoms with van der Waals surface area (Å²) in [6, 6.07) is 10.7. The van der Waals surface area contributed by atoms with Gasteiger partial charge in [-0.1, -0.05) is 38.1 Å². The number of halogens is 7. The number of carboxylic acid groups (broad SMARTS) is 1. The zero-order chi connectivity index (χ0) is 29.0. The average Bonchev–Trinajstić information content (AvgIpc) is 3.32. The highest BCUT2D eigenvalue weighted by Gasteiger charge is 2.42. The summed E-state index contributed by atoms with van der Waals surface area (Å²) in [4.78, 5) is 16.4. The van der Waals surface area contributed by atoms with Gasteiger partial charge in [-0.25, -0.2) is 17.6 Å². The Labute approximate surface area is 271 Å². The van der Waals surface area contributed by atoms with E-state index in [-0.39, 0.29) is 84.7 Å². The highest BCUT2D eigenvalue weighted by Crippen LogP contribution is 2.44. The smallest absolute Gasteiger partial charge is 0.321 e. The second-order valence-electron chi connectivity index (χ2n) is 12.2. The van der Waals surface area contributed by atoms with Crippen LogP contribution in [0.25, 0.3) is 0 Å². The highest BCUT2D eigenvalue weighted by atomic mass is 35.5. The normalized spacial score (nSPS) is 22.0. The SMILES string of the molecule is CC(C)[C@H](C(=O)O)N(C)C1CC(CN2CCC(CCC(F)(F)c3ccc(F)cc3)CC2)C(c2cccc(F)c2)C1.Cl.Cl.Cl. The Morgan fingerprint density at radius 3 is 2.19 bits per heavy atom. The van der Waals surface area contributed by atoms with E-state index in [9.17, 15) is 27.5 Å². The van der Waals surface area contributed by atoms with Crippen LogP contribution in [-0.4, -0.2) is 59.6 Å². The monoisotopic (exact) mass is 670 g/mol. The molecule has 4 atom stereocenters. The molecule has 0 spiro atoms. The molecular formula is C32H45Cl3F4N2O2. The largest absolute Gasteiger partial charge is 0.480 e. The van der Waals surface area contributed by atoms with Crippen molar-refractivity contribution in [3.05, 3.63) is 71.3 Å². The van der Waals surface area contributed by atoms with Gasteiger partial charge >= 0.3 is 5.97 Å². The minimum absolute atomic E-state index is 0. The number of hydrogen-bond donors (Lipinski definition) is 1. The summed E-state index contributed by atoms with van der Waals surface area (Å²) in [7, 11) is 1.89. The molecule has 0 aromatic heterocycles. The van der Waals surface area contributed by atoms with Gasteiger partial charge in [-0.15, -0.1) is 37.2 Å². The number of likely N-dealkylation sites (N-methyl/N-ethyl adjacent to an activating group) is 1. The fourth-order valence-corrected chi connectivity index (χ4v) is 6.94. The fourth-order valence-electron chi connectivity index (χ4n) is 6.94. The van der Waals surface area contributed by atoms with Gasteiger partial charge in [0, 0.05) is 24.6 Å². The van der Waals surface area contributed by atoms with Crippen LogP contribution in [0.3, 0.4) is 0 Å². The van der Waals surface area contributed by atoms with Gasteiger partial charge in [0.25, 0.3) is 5.92 Å². The molecule has 2 aromatic carbocycles. The van der Waals surface area contributed by atoms with Gasteiger partial charge in [-0.2, -0.15) is 0 Å². The Bertz CT molecular complexity index is 1130. The van der Waals surface area contributed by atoms with E-state index in [1.54, 1.807) is 12.1 Å². The Morgan fingerprint density at radius 2 is 1.63 bits per heavy atom. The van der Waals surface area contributed by atoms with Crippen LogP contribution in [0.1, 0.15) is 69.4 Å². The molecule has 1 N–H and O–H groups in total. The zero-order valence-corrected chi connectivity index (χ0v) is 27.4. The van der Waals surface area contributed by atoms with Crippen molar-refractivity contribution in [2.75, 3.05) is 26.7 Å². The molecule has 0 bridgehead atoms. The third-order valence-corrected chi connectivity index (χ3v) is 9.18. The summed E-state index contributed by atoms with van der Waals surface area (Å²) < 4.78 is 56.7. The van der Waals surface area contributed by atoms with Gasteiger partial charge in [-0.05, 0) is 106 Å². The molecule has 1 saturated carbocycles. The number of nitrogens with zero attached hydrogens (tertiary/aromatic N) is 2. The van der Waals surface area contributed by atoms with E-state index in [0.29, 0.717) is 6.42 Å². The lowest BCUT2D eigenvalue weighted by Crippen LogP contribution is -2.47. The Kier molecular flexibility index (Phi) is 15.8. The van der Waals surface area contributed by atoms with Crippen LogP contribution in [0.5, 0.6) is 0 Å². The lowest BCUT2D eigenvalue weighted by atomic mass is 9.86. The van der Waals surface area contributed by atoms with Crippen LogP contribution < -0.4 is 0 Å². The average molecular weight is 672 g/mol. The number of benzene rings is 2. The van der Waals surface area contributed by atoms with Crippen molar-refractivity contribution in [1.82, 2.24) is 9.80 Å². The molecule has 43 heavy (non-hydrogen) atoms. The van der Waals surface area contributed by atoms with E-state index in [0.717, 1.165) is 63.0 Å². The summed E-state index contributed by atoms with van der Waals surface area (Å²) in [5.41, 5.74) is 0.813. The van der Waals surface area contributed by atoms with Crippen LogP contribution in [0.15, 0.2) is 48.5 Å². The molecule has 2 fully saturated rings. The van der Waals surface area contributed by atoms with Crippen LogP contribution >= 0.6 is 37.2 Å². The van der Waals surface area contributed by atoms with E-state index in [2.05, 4.69) is 4.90 Å². The van der Waals surface area contributed by atoms with E-state index in [4.69, 9.17) is 0 Å². The minimum Gasteiger partial charge on any atom is -0.480 e. The van der Waals surface area contributed by atoms with Crippen LogP contribution in [0.4, 0.5) is 17.6 Å². The predicted octanol–water partition coefficient (Wildman–Crippen LogP) is 8.42. The second-order valence-corrected chi connectivity index (χ2v) is 12.2. The minimum atomic E-state index is -2.97. The Hall–Kier alpha value is -1.58. The lowest BCUT2D eigenvalue weighted by molar-refractivity contribution is -0.145. The maximum Gasteiger partial charge on any atom is 0.321 e. The van der Waals surface area contributed by atoms with Crippen molar-refractivity contribution in [2.24, 2.45) is 17.8 Å². The quantitative estimate of drug-likeness (QED) is 0.244. The van der Waals surface area contributed by atoms with Gasteiger partial charge in [0.15, 0.2) is 0 Å². The number of alkyl halides is 2. The molecular weight excluding hydrogens is 627 g/mol. The molecule has 1 heterocycles. The Balaban J connectivity index is 0.00000308. The van der Waals surface area contributed by atoms with E-state index in [1.807, 2.05) is 31.9 Å². The molecule has 1 aliphatic heterocycles. The van der Waals surface area contributed by atoms with Crippen LogP contribution in [-0.2, 0) is 10.7 Å². The number of rotatable bonds is 11. The highest BCUT2D eigenvalue weighted by molar-refractivity contribution is 5.86. The summed E-state index contributed by atoms with van der Waals surface area (Å²) in [5.74, 6) is -4.04. The van der Waals surface area contributed by atoms with Gasteiger partial charge < -0.3 is 10.0 Å². The first-order chi connectivity index (χ1) is 18.9. The van der Waals surface area contributed by atoms with Gasteiger partial charge in [0.2, 0.25) is 0 Å². The lowest BCUT2D eigenvalue weighted by Gasteiger charge is -2.35. The molecule has 3 unspecified atom stereocenters. The number of likely N-dealkylation sites (tertiary alicyclic amines) is 1. The summed E-state index contributed by atoms with van der Waals surface area (Å²) in [5, 5.41) is 9.85.